The first kappa shape index (κ1) is 11.7. The molecule has 0 radical (unpaired) electrons. The highest BCUT2D eigenvalue weighted by atomic mass is 35.5. The average molecular weight is 224 g/mol. The summed E-state index contributed by atoms with van der Waals surface area (Å²) in [5, 5.41) is 9.22. The highest BCUT2D eigenvalue weighted by Gasteiger charge is 2.06. The van der Waals surface area contributed by atoms with Gasteiger partial charge in [-0.25, -0.2) is 4.39 Å². The zero-order chi connectivity index (χ0) is 11.4. The van der Waals surface area contributed by atoms with Gasteiger partial charge in [0, 0.05) is 5.57 Å². The highest BCUT2D eigenvalue weighted by molar-refractivity contribution is 6.49. The van der Waals surface area contributed by atoms with Gasteiger partial charge in [0.25, 0.3) is 0 Å². The third-order valence-electron chi connectivity index (χ3n) is 2.16. The smallest absolute Gasteiger partial charge is 0.126 e. The molecule has 0 aliphatic carbocycles. The summed E-state index contributed by atoms with van der Waals surface area (Å²) in [6.45, 7) is 3.53. The standard InChI is InChI=1S/C12H11ClFN/c1-3-9(7-15)12(13)10-4-5-11(14)8(2)6-10/h4-6H,3H2,1-2H3. The van der Waals surface area contributed by atoms with Crippen molar-refractivity contribution < 1.29 is 4.39 Å². The Bertz CT molecular complexity index is 443. The van der Waals surface area contributed by atoms with E-state index in [1.807, 2.05) is 13.0 Å². The lowest BCUT2D eigenvalue weighted by atomic mass is 10.1. The van der Waals surface area contributed by atoms with E-state index in [4.69, 9.17) is 16.9 Å². The molecule has 15 heavy (non-hydrogen) atoms. The Labute approximate surface area is 93.8 Å². The Morgan fingerprint density at radius 1 is 1.53 bits per heavy atom. The van der Waals surface area contributed by atoms with Crippen LogP contribution in [0.4, 0.5) is 4.39 Å². The first-order chi connectivity index (χ1) is 7.10. The summed E-state index contributed by atoms with van der Waals surface area (Å²) in [7, 11) is 0. The van der Waals surface area contributed by atoms with Gasteiger partial charge in [0.1, 0.15) is 5.82 Å². The molecular weight excluding hydrogens is 213 g/mol. The zero-order valence-electron chi connectivity index (χ0n) is 8.64. The van der Waals surface area contributed by atoms with Crippen molar-refractivity contribution in [2.24, 2.45) is 0 Å². The van der Waals surface area contributed by atoms with Crippen LogP contribution in [0.5, 0.6) is 0 Å². The predicted octanol–water partition coefficient (Wildman–Crippen LogP) is 4.02. The van der Waals surface area contributed by atoms with Crippen LogP contribution in [0.3, 0.4) is 0 Å². The topological polar surface area (TPSA) is 23.8 Å². The molecule has 1 aromatic carbocycles. The molecule has 0 bridgehead atoms. The van der Waals surface area contributed by atoms with E-state index in [1.54, 1.807) is 19.1 Å². The fraction of sp³-hybridized carbons (Fsp3) is 0.250. The first-order valence-corrected chi connectivity index (χ1v) is 5.03. The minimum absolute atomic E-state index is 0.266. The number of allylic oxidation sites excluding steroid dienone is 1. The van der Waals surface area contributed by atoms with E-state index in [1.165, 1.54) is 6.07 Å². The second-order valence-corrected chi connectivity index (χ2v) is 3.60. The van der Waals surface area contributed by atoms with Crippen molar-refractivity contribution in [1.82, 2.24) is 0 Å². The molecule has 0 aliphatic rings. The van der Waals surface area contributed by atoms with Crippen LogP contribution in [-0.2, 0) is 0 Å². The van der Waals surface area contributed by atoms with Crippen LogP contribution in [0.2, 0.25) is 0 Å². The van der Waals surface area contributed by atoms with Crippen LogP contribution in [0, 0.1) is 24.1 Å². The summed E-state index contributed by atoms with van der Waals surface area (Å²) in [6, 6.07) is 6.62. The molecule has 1 nitrogen and oxygen atoms in total. The van der Waals surface area contributed by atoms with E-state index in [9.17, 15) is 4.39 Å². The third-order valence-corrected chi connectivity index (χ3v) is 2.61. The number of nitrogens with zero attached hydrogens (tertiary/aromatic N) is 1. The normalized spacial score (nSPS) is 11.9. The Hall–Kier alpha value is -1.33. The highest BCUT2D eigenvalue weighted by Crippen LogP contribution is 2.25. The van der Waals surface area contributed by atoms with E-state index < -0.39 is 0 Å². The molecule has 1 rings (SSSR count). The predicted molar refractivity (Wildman–Crippen MR) is 59.8 cm³/mol. The summed E-state index contributed by atoms with van der Waals surface area (Å²) in [6.07, 6.45) is 0.575. The molecule has 0 heterocycles. The maximum Gasteiger partial charge on any atom is 0.126 e. The van der Waals surface area contributed by atoms with Crippen molar-refractivity contribution in [3.8, 4) is 6.07 Å². The summed E-state index contributed by atoms with van der Waals surface area (Å²) < 4.78 is 13.0. The van der Waals surface area contributed by atoms with E-state index in [-0.39, 0.29) is 5.82 Å². The lowest BCUT2D eigenvalue weighted by Crippen LogP contribution is -1.87. The molecule has 0 aromatic heterocycles. The van der Waals surface area contributed by atoms with E-state index in [2.05, 4.69) is 0 Å². The lowest BCUT2D eigenvalue weighted by molar-refractivity contribution is 0.618. The molecule has 0 amide bonds. The van der Waals surface area contributed by atoms with E-state index >= 15 is 0 Å². The minimum atomic E-state index is -0.266. The molecule has 0 saturated heterocycles. The number of benzene rings is 1. The number of hydrogen-bond donors (Lipinski definition) is 0. The third kappa shape index (κ3) is 2.57. The molecule has 0 atom stereocenters. The van der Waals surface area contributed by atoms with Gasteiger partial charge in [-0.3, -0.25) is 0 Å². The Morgan fingerprint density at radius 3 is 2.67 bits per heavy atom. The van der Waals surface area contributed by atoms with Crippen molar-refractivity contribution in [3.63, 3.8) is 0 Å². The van der Waals surface area contributed by atoms with Gasteiger partial charge in [0.05, 0.1) is 11.1 Å². The monoisotopic (exact) mass is 223 g/mol. The number of rotatable bonds is 2. The minimum Gasteiger partial charge on any atom is -0.207 e. The SMILES string of the molecule is CCC(C#N)=C(Cl)c1ccc(F)c(C)c1. The first-order valence-electron chi connectivity index (χ1n) is 4.65. The van der Waals surface area contributed by atoms with Crippen LogP contribution in [0.1, 0.15) is 24.5 Å². The molecule has 0 unspecified atom stereocenters. The fourth-order valence-electron chi connectivity index (χ4n) is 1.24. The molecule has 3 heteroatoms. The van der Waals surface area contributed by atoms with Crippen molar-refractivity contribution in [2.45, 2.75) is 20.3 Å². The lowest BCUT2D eigenvalue weighted by Gasteiger charge is -2.04. The number of halogens is 2. The van der Waals surface area contributed by atoms with Crippen molar-refractivity contribution in [3.05, 3.63) is 40.7 Å². The summed E-state index contributed by atoms with van der Waals surface area (Å²) in [4.78, 5) is 0. The molecule has 1 aromatic rings. The van der Waals surface area contributed by atoms with Crippen molar-refractivity contribution >= 4 is 16.6 Å². The van der Waals surface area contributed by atoms with Crippen LogP contribution >= 0.6 is 11.6 Å². The summed E-state index contributed by atoms with van der Waals surface area (Å²) >= 11 is 6.03. The molecule has 0 aliphatic heterocycles. The van der Waals surface area contributed by atoms with Gasteiger partial charge in [0.15, 0.2) is 0 Å². The van der Waals surface area contributed by atoms with Gasteiger partial charge >= 0.3 is 0 Å². The van der Waals surface area contributed by atoms with Crippen molar-refractivity contribution in [1.29, 1.82) is 5.26 Å². The maximum atomic E-state index is 13.0. The molecule has 78 valence electrons. The second-order valence-electron chi connectivity index (χ2n) is 3.22. The summed E-state index contributed by atoms with van der Waals surface area (Å²) in [5.41, 5.74) is 1.73. The molecular formula is C12H11ClFN. The molecule has 0 saturated carbocycles. The van der Waals surface area contributed by atoms with Gasteiger partial charge in [-0.1, -0.05) is 24.6 Å². The van der Waals surface area contributed by atoms with Gasteiger partial charge in [0.2, 0.25) is 0 Å². The van der Waals surface area contributed by atoms with Gasteiger partial charge < -0.3 is 0 Å². The molecule has 0 fully saturated rings. The maximum absolute atomic E-state index is 13.0. The van der Waals surface area contributed by atoms with Crippen LogP contribution in [0.15, 0.2) is 23.8 Å². The van der Waals surface area contributed by atoms with Gasteiger partial charge in [-0.15, -0.1) is 0 Å². The Kier molecular flexibility index (Phi) is 3.88. The number of hydrogen-bond acceptors (Lipinski definition) is 1. The largest absolute Gasteiger partial charge is 0.207 e. The number of nitriles is 1. The molecule has 0 N–H and O–H groups in total. The molecule has 0 spiro atoms. The van der Waals surface area contributed by atoms with E-state index in [0.717, 1.165) is 0 Å². The van der Waals surface area contributed by atoms with Gasteiger partial charge in [-0.2, -0.15) is 5.26 Å². The van der Waals surface area contributed by atoms with Crippen LogP contribution in [-0.4, -0.2) is 0 Å². The van der Waals surface area contributed by atoms with E-state index in [0.29, 0.717) is 28.2 Å². The Morgan fingerprint density at radius 2 is 2.20 bits per heavy atom. The van der Waals surface area contributed by atoms with Crippen LogP contribution in [0.25, 0.3) is 5.03 Å². The quantitative estimate of drug-likeness (QED) is 0.695. The Balaban J connectivity index is 3.24. The number of aryl methyl sites for hydroxylation is 1. The average Bonchev–Trinajstić information content (AvgIpc) is 2.23. The van der Waals surface area contributed by atoms with Crippen LogP contribution < -0.4 is 0 Å². The second kappa shape index (κ2) is 4.95. The fourth-order valence-corrected chi connectivity index (χ4v) is 1.53. The summed E-state index contributed by atoms with van der Waals surface area (Å²) in [5.74, 6) is -0.266. The van der Waals surface area contributed by atoms with Crippen molar-refractivity contribution in [2.75, 3.05) is 0 Å². The zero-order valence-corrected chi connectivity index (χ0v) is 9.40. The van der Waals surface area contributed by atoms with Gasteiger partial charge in [-0.05, 0) is 36.6 Å².